The van der Waals surface area contributed by atoms with Crippen molar-refractivity contribution in [3.63, 3.8) is 0 Å². The zero-order valence-corrected chi connectivity index (χ0v) is 16.8. The predicted molar refractivity (Wildman–Crippen MR) is 116 cm³/mol. The van der Waals surface area contributed by atoms with E-state index >= 15 is 0 Å². The Morgan fingerprint density at radius 2 is 1.97 bits per heavy atom. The molecule has 3 aromatic rings. The third-order valence-corrected chi connectivity index (χ3v) is 5.15. The second-order valence-electron chi connectivity index (χ2n) is 7.57. The second-order valence-corrected chi connectivity index (χ2v) is 7.57. The van der Waals surface area contributed by atoms with Gasteiger partial charge in [-0.15, -0.1) is 0 Å². The van der Waals surface area contributed by atoms with Crippen molar-refractivity contribution < 1.29 is 9.53 Å². The molecule has 0 radical (unpaired) electrons. The monoisotopic (exact) mass is 387 g/mol. The number of hydrogen-bond donors (Lipinski definition) is 1. The lowest BCUT2D eigenvalue weighted by Crippen LogP contribution is -2.20. The summed E-state index contributed by atoms with van der Waals surface area (Å²) in [5.74, 6) is 0.983. The van der Waals surface area contributed by atoms with Crippen molar-refractivity contribution in [2.24, 2.45) is 0 Å². The normalized spacial score (nSPS) is 12.7. The number of carbonyl (C=O) groups is 1. The van der Waals surface area contributed by atoms with Crippen LogP contribution in [0.3, 0.4) is 0 Å². The van der Waals surface area contributed by atoms with Crippen LogP contribution in [0.5, 0.6) is 5.75 Å². The van der Waals surface area contributed by atoms with Crippen LogP contribution in [0.1, 0.15) is 36.6 Å². The zero-order chi connectivity index (χ0) is 20.2. The SMILES string of the molecule is CC(C)c1ccc(OC(=O)Nc2ccc3c(c2)CCN3Cc2ccccn2)cc1. The Morgan fingerprint density at radius 3 is 2.69 bits per heavy atom. The van der Waals surface area contributed by atoms with Crippen LogP contribution in [-0.4, -0.2) is 17.6 Å². The van der Waals surface area contributed by atoms with Crippen molar-refractivity contribution in [3.8, 4) is 5.75 Å². The molecule has 0 fully saturated rings. The van der Waals surface area contributed by atoms with E-state index in [0.717, 1.165) is 30.9 Å². The minimum atomic E-state index is -0.481. The van der Waals surface area contributed by atoms with Gasteiger partial charge in [0.05, 0.1) is 12.2 Å². The number of ether oxygens (including phenoxy) is 1. The maximum atomic E-state index is 12.3. The van der Waals surface area contributed by atoms with E-state index in [0.29, 0.717) is 11.7 Å². The number of nitrogens with zero attached hydrogens (tertiary/aromatic N) is 2. The largest absolute Gasteiger partial charge is 0.417 e. The number of anilines is 2. The summed E-state index contributed by atoms with van der Waals surface area (Å²) in [6.07, 6.45) is 2.29. The Bertz CT molecular complexity index is 985. The van der Waals surface area contributed by atoms with Crippen LogP contribution in [0.15, 0.2) is 66.9 Å². The highest BCUT2D eigenvalue weighted by molar-refractivity contribution is 5.87. The van der Waals surface area contributed by atoms with Gasteiger partial charge in [0, 0.05) is 24.1 Å². The predicted octanol–water partition coefficient (Wildman–Crippen LogP) is 5.38. The molecule has 148 valence electrons. The molecule has 1 aliphatic rings. The number of fused-ring (bicyclic) bond motifs is 1. The van der Waals surface area contributed by atoms with E-state index in [1.165, 1.54) is 16.8 Å². The number of benzene rings is 2. The van der Waals surface area contributed by atoms with Gasteiger partial charge in [0.2, 0.25) is 0 Å². The molecule has 0 bridgehead atoms. The highest BCUT2D eigenvalue weighted by atomic mass is 16.6. The topological polar surface area (TPSA) is 54.5 Å². The van der Waals surface area contributed by atoms with Gasteiger partial charge in [-0.05, 0) is 65.9 Å². The first-order chi connectivity index (χ1) is 14.1. The molecular formula is C24H25N3O2. The molecule has 0 saturated heterocycles. The lowest BCUT2D eigenvalue weighted by molar-refractivity contribution is 0.215. The minimum absolute atomic E-state index is 0.446. The molecule has 0 unspecified atom stereocenters. The van der Waals surface area contributed by atoms with E-state index in [9.17, 15) is 4.79 Å². The van der Waals surface area contributed by atoms with Gasteiger partial charge < -0.3 is 9.64 Å². The molecule has 5 heteroatoms. The highest BCUT2D eigenvalue weighted by Gasteiger charge is 2.20. The van der Waals surface area contributed by atoms with Gasteiger partial charge in [-0.2, -0.15) is 0 Å². The van der Waals surface area contributed by atoms with E-state index in [1.807, 2.05) is 60.8 Å². The lowest BCUT2D eigenvalue weighted by atomic mass is 10.0. The summed E-state index contributed by atoms with van der Waals surface area (Å²) in [4.78, 5) is 19.0. The molecular weight excluding hydrogens is 362 g/mol. The van der Waals surface area contributed by atoms with Crippen LogP contribution >= 0.6 is 0 Å². The van der Waals surface area contributed by atoms with Crippen molar-refractivity contribution >= 4 is 17.5 Å². The number of rotatable bonds is 5. The Hall–Kier alpha value is -3.34. The van der Waals surface area contributed by atoms with Gasteiger partial charge in [0.15, 0.2) is 0 Å². The van der Waals surface area contributed by atoms with Crippen LogP contribution < -0.4 is 15.0 Å². The van der Waals surface area contributed by atoms with E-state index in [2.05, 4.69) is 35.1 Å². The number of hydrogen-bond acceptors (Lipinski definition) is 4. The maximum absolute atomic E-state index is 12.3. The van der Waals surface area contributed by atoms with Crippen LogP contribution in [-0.2, 0) is 13.0 Å². The lowest BCUT2D eigenvalue weighted by Gasteiger charge is -2.19. The van der Waals surface area contributed by atoms with E-state index < -0.39 is 6.09 Å². The smallest absolute Gasteiger partial charge is 0.410 e. The van der Waals surface area contributed by atoms with Gasteiger partial charge in [-0.25, -0.2) is 4.79 Å². The summed E-state index contributed by atoms with van der Waals surface area (Å²) >= 11 is 0. The van der Waals surface area contributed by atoms with Crippen LogP contribution in [0.2, 0.25) is 0 Å². The molecule has 0 aliphatic carbocycles. The maximum Gasteiger partial charge on any atom is 0.417 e. The van der Waals surface area contributed by atoms with Crippen molar-refractivity contribution in [3.05, 3.63) is 83.7 Å². The summed E-state index contributed by atoms with van der Waals surface area (Å²) in [6.45, 7) is 6.00. The highest BCUT2D eigenvalue weighted by Crippen LogP contribution is 2.31. The van der Waals surface area contributed by atoms with E-state index in [4.69, 9.17) is 4.74 Å². The Labute approximate surface area is 171 Å². The summed E-state index contributed by atoms with van der Waals surface area (Å²) in [5, 5.41) is 2.83. The number of nitrogens with one attached hydrogen (secondary N) is 1. The van der Waals surface area contributed by atoms with Crippen molar-refractivity contribution in [2.75, 3.05) is 16.8 Å². The molecule has 0 atom stereocenters. The van der Waals surface area contributed by atoms with Gasteiger partial charge in [0.25, 0.3) is 0 Å². The second kappa shape index (κ2) is 8.35. The number of carbonyl (C=O) groups excluding carboxylic acids is 1. The molecule has 2 aromatic carbocycles. The van der Waals surface area contributed by atoms with Gasteiger partial charge in [-0.3, -0.25) is 10.3 Å². The van der Waals surface area contributed by atoms with Crippen LogP contribution in [0.25, 0.3) is 0 Å². The van der Waals surface area contributed by atoms with E-state index in [1.54, 1.807) is 0 Å². The number of aromatic nitrogens is 1. The van der Waals surface area contributed by atoms with Gasteiger partial charge in [0.1, 0.15) is 5.75 Å². The fourth-order valence-corrected chi connectivity index (χ4v) is 3.57. The number of amides is 1. The third-order valence-electron chi connectivity index (χ3n) is 5.15. The molecule has 4 rings (SSSR count). The molecule has 0 spiro atoms. The first-order valence-electron chi connectivity index (χ1n) is 9.95. The standard InChI is InChI=1S/C24H25N3O2/c1-17(2)18-6-9-22(10-7-18)29-24(28)26-20-8-11-23-19(15-20)12-14-27(23)16-21-5-3-4-13-25-21/h3-11,13,15,17H,12,14,16H2,1-2H3,(H,26,28). The molecule has 1 aliphatic heterocycles. The molecule has 29 heavy (non-hydrogen) atoms. The molecule has 0 saturated carbocycles. The zero-order valence-electron chi connectivity index (χ0n) is 16.8. The van der Waals surface area contributed by atoms with Crippen LogP contribution in [0.4, 0.5) is 16.2 Å². The quantitative estimate of drug-likeness (QED) is 0.639. The summed E-state index contributed by atoms with van der Waals surface area (Å²) in [7, 11) is 0. The fraction of sp³-hybridized carbons (Fsp3) is 0.250. The average molecular weight is 387 g/mol. The molecule has 2 heterocycles. The first kappa shape index (κ1) is 19.0. The minimum Gasteiger partial charge on any atom is -0.410 e. The van der Waals surface area contributed by atoms with Gasteiger partial charge >= 0.3 is 6.09 Å². The van der Waals surface area contributed by atoms with E-state index in [-0.39, 0.29) is 0 Å². The average Bonchev–Trinajstić information content (AvgIpc) is 3.11. The summed E-state index contributed by atoms with van der Waals surface area (Å²) in [5.41, 5.74) is 5.42. The third kappa shape index (κ3) is 4.57. The van der Waals surface area contributed by atoms with Crippen LogP contribution in [0, 0.1) is 0 Å². The molecule has 1 amide bonds. The fourth-order valence-electron chi connectivity index (χ4n) is 3.57. The molecule has 5 nitrogen and oxygen atoms in total. The Kier molecular flexibility index (Phi) is 5.47. The Morgan fingerprint density at radius 1 is 1.14 bits per heavy atom. The number of pyridine rings is 1. The first-order valence-corrected chi connectivity index (χ1v) is 9.95. The summed E-state index contributed by atoms with van der Waals surface area (Å²) < 4.78 is 5.40. The summed E-state index contributed by atoms with van der Waals surface area (Å²) in [6, 6.07) is 19.6. The van der Waals surface area contributed by atoms with Crippen molar-refractivity contribution in [1.82, 2.24) is 4.98 Å². The molecule has 1 N–H and O–H groups in total. The molecule has 1 aromatic heterocycles. The van der Waals surface area contributed by atoms with Crippen molar-refractivity contribution in [2.45, 2.75) is 32.7 Å². The van der Waals surface area contributed by atoms with Gasteiger partial charge in [-0.1, -0.05) is 32.0 Å². The Balaban J connectivity index is 1.38. The van der Waals surface area contributed by atoms with Crippen molar-refractivity contribution in [1.29, 1.82) is 0 Å².